The molecule has 11 heteroatoms. The SMILES string of the molecule is N=CO[B]C[C@H]1CN(c2ccc(-c3ccc(Cn4cnnn4)cc3)c(F)c2)C(=O)O1. The van der Waals surface area contributed by atoms with E-state index < -0.39 is 18.0 Å². The van der Waals surface area contributed by atoms with Crippen molar-refractivity contribution in [3.63, 3.8) is 0 Å². The minimum absolute atomic E-state index is 0.279. The van der Waals surface area contributed by atoms with Crippen LogP contribution in [0, 0.1) is 11.2 Å². The lowest BCUT2D eigenvalue weighted by Gasteiger charge is -2.14. The number of halogens is 1. The molecule has 1 amide bonds. The van der Waals surface area contributed by atoms with E-state index in [0.717, 1.165) is 17.5 Å². The Morgan fingerprint density at radius 1 is 1.30 bits per heavy atom. The highest BCUT2D eigenvalue weighted by atomic mass is 19.1. The summed E-state index contributed by atoms with van der Waals surface area (Å²) in [6.45, 7) is 0.802. The minimum Gasteiger partial charge on any atom is -0.556 e. The van der Waals surface area contributed by atoms with Gasteiger partial charge in [-0.2, -0.15) is 0 Å². The van der Waals surface area contributed by atoms with Gasteiger partial charge in [-0.3, -0.25) is 10.3 Å². The molecule has 1 N–H and O–H groups in total. The van der Waals surface area contributed by atoms with Crippen LogP contribution >= 0.6 is 0 Å². The predicted molar refractivity (Wildman–Crippen MR) is 107 cm³/mol. The highest BCUT2D eigenvalue weighted by Gasteiger charge is 2.32. The van der Waals surface area contributed by atoms with E-state index in [4.69, 9.17) is 14.8 Å². The fourth-order valence-corrected chi connectivity index (χ4v) is 3.20. The lowest BCUT2D eigenvalue weighted by Crippen LogP contribution is -2.25. The summed E-state index contributed by atoms with van der Waals surface area (Å²) < 4.78 is 26.4. The van der Waals surface area contributed by atoms with Crippen LogP contribution < -0.4 is 4.90 Å². The van der Waals surface area contributed by atoms with Crippen LogP contribution in [0.2, 0.25) is 6.32 Å². The van der Waals surface area contributed by atoms with Gasteiger partial charge in [0.25, 0.3) is 0 Å². The van der Waals surface area contributed by atoms with Crippen molar-refractivity contribution < 1.29 is 18.6 Å². The standard InChI is InChI=1S/C19H17BFN6O3/c21-18-7-15(27-10-16(30-19(27)28)8-20-29-11-22)5-6-17(18)14-3-1-13(2-4-14)9-26-12-23-24-25-26/h1-7,11-12,16,22H,8-10H2/t16-/m0/s1. The summed E-state index contributed by atoms with van der Waals surface area (Å²) in [5.74, 6) is -0.435. The predicted octanol–water partition coefficient (Wildman–Crippen LogP) is 2.51. The monoisotopic (exact) mass is 407 g/mol. The lowest BCUT2D eigenvalue weighted by atomic mass is 9.91. The Kier molecular flexibility index (Phi) is 5.69. The van der Waals surface area contributed by atoms with Crippen molar-refractivity contribution >= 4 is 25.7 Å². The zero-order valence-electron chi connectivity index (χ0n) is 15.8. The average molecular weight is 407 g/mol. The minimum atomic E-state index is -0.539. The number of hydrogen-bond donors (Lipinski definition) is 1. The van der Waals surface area contributed by atoms with Crippen molar-refractivity contribution in [1.82, 2.24) is 20.2 Å². The molecular formula is C19H17BFN6O3. The number of anilines is 1. The first-order valence-electron chi connectivity index (χ1n) is 9.18. The Morgan fingerprint density at radius 3 is 2.83 bits per heavy atom. The smallest absolute Gasteiger partial charge is 0.414 e. The molecule has 4 rings (SSSR count). The van der Waals surface area contributed by atoms with E-state index >= 15 is 0 Å². The fraction of sp³-hybridized carbons (Fsp3) is 0.211. The normalized spacial score (nSPS) is 15.7. The number of nitrogens with zero attached hydrogens (tertiary/aromatic N) is 5. The average Bonchev–Trinajstić information content (AvgIpc) is 3.38. The van der Waals surface area contributed by atoms with Crippen LogP contribution in [0.3, 0.4) is 0 Å². The molecule has 9 nitrogen and oxygen atoms in total. The van der Waals surface area contributed by atoms with Crippen LogP contribution in [0.5, 0.6) is 0 Å². The van der Waals surface area contributed by atoms with Gasteiger partial charge >= 0.3 is 13.6 Å². The van der Waals surface area contributed by atoms with Gasteiger partial charge in [0, 0.05) is 11.9 Å². The maximum Gasteiger partial charge on any atom is 0.414 e. The number of ether oxygens (including phenoxy) is 1. The number of benzene rings is 2. The first kappa shape index (κ1) is 19.6. The van der Waals surface area contributed by atoms with Gasteiger partial charge in [-0.15, -0.1) is 5.10 Å². The summed E-state index contributed by atoms with van der Waals surface area (Å²) in [5.41, 5.74) is 2.56. The topological polar surface area (TPSA) is 106 Å². The Morgan fingerprint density at radius 2 is 2.13 bits per heavy atom. The number of tetrazole rings is 1. The van der Waals surface area contributed by atoms with Gasteiger partial charge in [0.05, 0.1) is 18.8 Å². The van der Waals surface area contributed by atoms with E-state index in [0.29, 0.717) is 24.1 Å². The quantitative estimate of drug-likeness (QED) is 0.266. The molecule has 2 heterocycles. The van der Waals surface area contributed by atoms with Gasteiger partial charge in [-0.25, -0.2) is 13.9 Å². The molecule has 0 bridgehead atoms. The van der Waals surface area contributed by atoms with Crippen LogP contribution in [0.1, 0.15) is 5.56 Å². The van der Waals surface area contributed by atoms with E-state index in [-0.39, 0.29) is 6.54 Å². The van der Waals surface area contributed by atoms with Crippen LogP contribution in [0.4, 0.5) is 14.9 Å². The third-order valence-electron chi connectivity index (χ3n) is 4.66. The number of carbonyl (C=O) groups is 1. The van der Waals surface area contributed by atoms with Crippen molar-refractivity contribution in [3.05, 3.63) is 60.2 Å². The molecule has 3 aromatic rings. The van der Waals surface area contributed by atoms with E-state index in [9.17, 15) is 9.18 Å². The molecule has 1 aliphatic heterocycles. The Hall–Kier alpha value is -3.76. The molecule has 1 atom stereocenters. The fourth-order valence-electron chi connectivity index (χ4n) is 3.20. The first-order valence-corrected chi connectivity index (χ1v) is 9.18. The second-order valence-corrected chi connectivity index (χ2v) is 6.64. The molecule has 0 unspecified atom stereocenters. The molecule has 0 spiro atoms. The first-order chi connectivity index (χ1) is 14.6. The van der Waals surface area contributed by atoms with E-state index in [2.05, 4.69) is 15.5 Å². The summed E-state index contributed by atoms with van der Waals surface area (Å²) in [6.07, 6.45) is 1.71. The van der Waals surface area contributed by atoms with Crippen LogP contribution in [-0.2, 0) is 15.9 Å². The highest BCUT2D eigenvalue weighted by Crippen LogP contribution is 2.29. The molecule has 1 radical (unpaired) electrons. The van der Waals surface area contributed by atoms with Gasteiger partial charge in [0.2, 0.25) is 0 Å². The summed E-state index contributed by atoms with van der Waals surface area (Å²) >= 11 is 0. The number of hydrogen-bond acceptors (Lipinski definition) is 7. The lowest BCUT2D eigenvalue weighted by molar-refractivity contribution is 0.149. The van der Waals surface area contributed by atoms with Gasteiger partial charge in [-0.1, -0.05) is 24.3 Å². The van der Waals surface area contributed by atoms with Crippen molar-refractivity contribution in [2.75, 3.05) is 11.4 Å². The number of rotatable bonds is 8. The maximum atomic E-state index is 14.8. The van der Waals surface area contributed by atoms with Crippen molar-refractivity contribution in [2.45, 2.75) is 19.0 Å². The van der Waals surface area contributed by atoms with Crippen LogP contribution in [0.25, 0.3) is 11.1 Å². The number of carbonyl (C=O) groups excluding carboxylic acids is 1. The number of amides is 1. The second-order valence-electron chi connectivity index (χ2n) is 6.64. The molecule has 1 fully saturated rings. The Balaban J connectivity index is 1.45. The van der Waals surface area contributed by atoms with Crippen LogP contribution in [-0.4, -0.2) is 52.8 Å². The largest absolute Gasteiger partial charge is 0.556 e. The molecule has 1 saturated heterocycles. The number of aromatic nitrogens is 4. The van der Waals surface area contributed by atoms with E-state index in [1.807, 2.05) is 24.3 Å². The molecule has 0 saturated carbocycles. The third-order valence-corrected chi connectivity index (χ3v) is 4.66. The van der Waals surface area contributed by atoms with Crippen LogP contribution in [0.15, 0.2) is 48.8 Å². The zero-order chi connectivity index (χ0) is 20.9. The molecule has 2 aromatic carbocycles. The highest BCUT2D eigenvalue weighted by molar-refractivity contribution is 6.29. The molecule has 0 aliphatic carbocycles. The van der Waals surface area contributed by atoms with Gasteiger partial charge < -0.3 is 9.39 Å². The summed E-state index contributed by atoms with van der Waals surface area (Å²) in [7, 11) is 1.39. The van der Waals surface area contributed by atoms with Gasteiger partial charge in [0.15, 0.2) is 0 Å². The Labute approximate surface area is 172 Å². The number of cyclic esters (lactones) is 1. The van der Waals surface area contributed by atoms with Crippen molar-refractivity contribution in [1.29, 1.82) is 5.41 Å². The van der Waals surface area contributed by atoms with E-state index in [1.54, 1.807) is 16.8 Å². The maximum absolute atomic E-state index is 14.8. The van der Waals surface area contributed by atoms with Gasteiger partial charge in [-0.05, 0) is 39.8 Å². The summed E-state index contributed by atoms with van der Waals surface area (Å²) in [6, 6.07) is 12.1. The summed E-state index contributed by atoms with van der Waals surface area (Å²) in [4.78, 5) is 13.5. The van der Waals surface area contributed by atoms with E-state index in [1.165, 1.54) is 24.8 Å². The zero-order valence-corrected chi connectivity index (χ0v) is 15.8. The molecule has 1 aliphatic rings. The molecule has 30 heavy (non-hydrogen) atoms. The summed E-state index contributed by atoms with van der Waals surface area (Å²) in [5, 5.41) is 17.8. The molecule has 1 aromatic heterocycles. The number of nitrogens with one attached hydrogen (secondary N) is 1. The van der Waals surface area contributed by atoms with Gasteiger partial charge in [0.1, 0.15) is 24.6 Å². The van der Waals surface area contributed by atoms with Crippen molar-refractivity contribution in [3.8, 4) is 11.1 Å². The van der Waals surface area contributed by atoms with Crippen molar-refractivity contribution in [2.24, 2.45) is 0 Å². The Bertz CT molecular complexity index is 1030. The molecule has 151 valence electrons. The third kappa shape index (κ3) is 4.29. The second kappa shape index (κ2) is 8.72. The molecular weight excluding hydrogens is 390 g/mol.